The van der Waals surface area contributed by atoms with Crippen LogP contribution in [0.15, 0.2) is 53.1 Å². The molecule has 1 amide bonds. The third-order valence-electron chi connectivity index (χ3n) is 5.11. The molecule has 1 aliphatic rings. The Morgan fingerprint density at radius 3 is 2.58 bits per heavy atom. The molecule has 7 nitrogen and oxygen atoms in total. The Morgan fingerprint density at radius 1 is 1.19 bits per heavy atom. The van der Waals surface area contributed by atoms with Crippen molar-refractivity contribution >= 4 is 17.1 Å². The standard InChI is InChI=1S/C24H27NO6/c1-23(2,3)31-22(27)25-18(14-29-24(25,4)5)17-13-19(30-15-9-7-6-8-10-15)21-16(20(17)26)11-12-28-21/h6-13,18,26H,14H2,1-5H3/t18-/m0/s1. The minimum absolute atomic E-state index is 0.0176. The number of fused-ring (bicyclic) bond motifs is 1. The van der Waals surface area contributed by atoms with E-state index >= 15 is 0 Å². The lowest BCUT2D eigenvalue weighted by Crippen LogP contribution is -2.47. The summed E-state index contributed by atoms with van der Waals surface area (Å²) < 4.78 is 23.2. The average molecular weight is 425 g/mol. The Kier molecular flexibility index (Phi) is 5.09. The summed E-state index contributed by atoms with van der Waals surface area (Å²) in [5.41, 5.74) is -0.660. The van der Waals surface area contributed by atoms with Crippen LogP contribution in [0.1, 0.15) is 46.2 Å². The van der Waals surface area contributed by atoms with Gasteiger partial charge in [-0.3, -0.25) is 4.90 Å². The summed E-state index contributed by atoms with van der Waals surface area (Å²) in [5, 5.41) is 11.5. The van der Waals surface area contributed by atoms with Crippen molar-refractivity contribution in [2.75, 3.05) is 6.61 Å². The number of phenolic OH excluding ortho intramolecular Hbond substituents is 1. The van der Waals surface area contributed by atoms with Crippen LogP contribution in [0.3, 0.4) is 0 Å². The number of phenols is 1. The first kappa shape index (κ1) is 21.1. The van der Waals surface area contributed by atoms with Gasteiger partial charge in [-0.15, -0.1) is 0 Å². The highest BCUT2D eigenvalue weighted by molar-refractivity contribution is 5.90. The number of carbonyl (C=O) groups excluding carboxylic acids is 1. The zero-order valence-electron chi connectivity index (χ0n) is 18.3. The van der Waals surface area contributed by atoms with Crippen LogP contribution in [0.2, 0.25) is 0 Å². The zero-order chi connectivity index (χ0) is 22.4. The van der Waals surface area contributed by atoms with E-state index in [4.69, 9.17) is 18.6 Å². The van der Waals surface area contributed by atoms with E-state index in [9.17, 15) is 9.90 Å². The van der Waals surface area contributed by atoms with Gasteiger partial charge in [-0.2, -0.15) is 0 Å². The molecule has 0 unspecified atom stereocenters. The highest BCUT2D eigenvalue weighted by Gasteiger charge is 2.47. The van der Waals surface area contributed by atoms with Crippen LogP contribution in [-0.2, 0) is 9.47 Å². The van der Waals surface area contributed by atoms with Crippen LogP contribution in [0.25, 0.3) is 11.0 Å². The molecular formula is C24H27NO6. The maximum Gasteiger partial charge on any atom is 0.413 e. The van der Waals surface area contributed by atoms with Gasteiger partial charge in [-0.05, 0) is 58.9 Å². The Morgan fingerprint density at radius 2 is 1.90 bits per heavy atom. The quantitative estimate of drug-likeness (QED) is 0.556. The van der Waals surface area contributed by atoms with Crippen molar-refractivity contribution in [3.63, 3.8) is 0 Å². The topological polar surface area (TPSA) is 81.4 Å². The molecule has 0 spiro atoms. The number of nitrogens with zero attached hydrogens (tertiary/aromatic N) is 1. The van der Waals surface area contributed by atoms with E-state index < -0.39 is 23.5 Å². The highest BCUT2D eigenvalue weighted by Crippen LogP contribution is 2.46. The van der Waals surface area contributed by atoms with E-state index in [-0.39, 0.29) is 12.4 Å². The Bertz CT molecular complexity index is 1100. The number of carbonyl (C=O) groups is 1. The molecule has 2 heterocycles. The lowest BCUT2D eigenvalue weighted by Gasteiger charge is -2.35. The number of para-hydroxylation sites is 1. The van der Waals surface area contributed by atoms with E-state index in [0.717, 1.165) is 0 Å². The third kappa shape index (κ3) is 4.05. The number of hydrogen-bond donors (Lipinski definition) is 1. The summed E-state index contributed by atoms with van der Waals surface area (Å²) in [6, 6.07) is 12.1. The second kappa shape index (κ2) is 7.50. The predicted octanol–water partition coefficient (Wildman–Crippen LogP) is 5.98. The molecule has 0 bridgehead atoms. The third-order valence-corrected chi connectivity index (χ3v) is 5.11. The fraction of sp³-hybridized carbons (Fsp3) is 0.375. The van der Waals surface area contributed by atoms with Crippen molar-refractivity contribution in [3.05, 3.63) is 54.3 Å². The molecular weight excluding hydrogens is 398 g/mol. The van der Waals surface area contributed by atoms with E-state index in [1.54, 1.807) is 26.0 Å². The molecule has 3 aromatic rings. The number of ether oxygens (including phenoxy) is 3. The first-order valence-electron chi connectivity index (χ1n) is 10.2. The van der Waals surface area contributed by atoms with Gasteiger partial charge in [0.15, 0.2) is 11.3 Å². The number of hydrogen-bond acceptors (Lipinski definition) is 6. The minimum Gasteiger partial charge on any atom is -0.507 e. The summed E-state index contributed by atoms with van der Waals surface area (Å²) in [7, 11) is 0. The number of rotatable bonds is 3. The summed E-state index contributed by atoms with van der Waals surface area (Å²) >= 11 is 0. The SMILES string of the molecule is CC(C)(C)OC(=O)N1[C@H](c2cc(Oc3ccccc3)c3occc3c2O)COC1(C)C. The molecule has 0 saturated carbocycles. The maximum absolute atomic E-state index is 13.1. The Labute approximate surface area is 181 Å². The maximum atomic E-state index is 13.1. The van der Waals surface area contributed by atoms with Gasteiger partial charge < -0.3 is 23.7 Å². The van der Waals surface area contributed by atoms with Crippen molar-refractivity contribution in [2.24, 2.45) is 0 Å². The molecule has 31 heavy (non-hydrogen) atoms. The van der Waals surface area contributed by atoms with Crippen LogP contribution < -0.4 is 4.74 Å². The van der Waals surface area contributed by atoms with Crippen LogP contribution in [0.5, 0.6) is 17.2 Å². The van der Waals surface area contributed by atoms with Crippen LogP contribution in [0.4, 0.5) is 4.79 Å². The molecule has 2 aromatic carbocycles. The zero-order valence-corrected chi connectivity index (χ0v) is 18.3. The van der Waals surface area contributed by atoms with Gasteiger partial charge in [-0.25, -0.2) is 4.79 Å². The fourth-order valence-corrected chi connectivity index (χ4v) is 3.75. The van der Waals surface area contributed by atoms with Gasteiger partial charge in [0.25, 0.3) is 0 Å². The fourth-order valence-electron chi connectivity index (χ4n) is 3.75. The van der Waals surface area contributed by atoms with Crippen molar-refractivity contribution < 1.29 is 28.5 Å². The molecule has 4 rings (SSSR count). The van der Waals surface area contributed by atoms with Gasteiger partial charge in [0.2, 0.25) is 0 Å². The summed E-state index contributed by atoms with van der Waals surface area (Å²) in [4.78, 5) is 14.6. The van der Waals surface area contributed by atoms with E-state index in [1.807, 2.05) is 51.1 Å². The number of furan rings is 1. The molecule has 0 aliphatic carbocycles. The first-order chi connectivity index (χ1) is 14.6. The Hall–Kier alpha value is -3.19. The molecule has 1 saturated heterocycles. The van der Waals surface area contributed by atoms with Crippen LogP contribution in [0, 0.1) is 0 Å². The number of amides is 1. The predicted molar refractivity (Wildman–Crippen MR) is 115 cm³/mol. The molecule has 1 N–H and O–H groups in total. The summed E-state index contributed by atoms with van der Waals surface area (Å²) in [5.74, 6) is 1.08. The average Bonchev–Trinajstić information content (AvgIpc) is 3.28. The van der Waals surface area contributed by atoms with Crippen molar-refractivity contribution in [1.82, 2.24) is 4.90 Å². The van der Waals surface area contributed by atoms with Crippen molar-refractivity contribution in [3.8, 4) is 17.2 Å². The normalized spacial score (nSPS) is 18.4. The van der Waals surface area contributed by atoms with Crippen molar-refractivity contribution in [2.45, 2.75) is 52.0 Å². The smallest absolute Gasteiger partial charge is 0.413 e. The molecule has 1 aliphatic heterocycles. The van der Waals surface area contributed by atoms with Crippen LogP contribution in [-0.4, -0.2) is 34.0 Å². The van der Waals surface area contributed by atoms with Crippen molar-refractivity contribution in [1.29, 1.82) is 0 Å². The van der Waals surface area contributed by atoms with Gasteiger partial charge in [0.1, 0.15) is 22.8 Å². The van der Waals surface area contributed by atoms with E-state index in [2.05, 4.69) is 0 Å². The second-order valence-corrected chi connectivity index (χ2v) is 9.01. The highest BCUT2D eigenvalue weighted by atomic mass is 16.6. The molecule has 1 atom stereocenters. The molecule has 1 aromatic heterocycles. The molecule has 1 fully saturated rings. The number of aromatic hydroxyl groups is 1. The van der Waals surface area contributed by atoms with Gasteiger partial charge >= 0.3 is 6.09 Å². The van der Waals surface area contributed by atoms with Gasteiger partial charge in [-0.1, -0.05) is 18.2 Å². The minimum atomic E-state index is -0.911. The lowest BCUT2D eigenvalue weighted by atomic mass is 10.0. The van der Waals surface area contributed by atoms with Gasteiger partial charge in [0, 0.05) is 5.56 Å². The van der Waals surface area contributed by atoms with E-state index in [1.165, 1.54) is 11.2 Å². The molecule has 0 radical (unpaired) electrons. The molecule has 164 valence electrons. The largest absolute Gasteiger partial charge is 0.507 e. The summed E-state index contributed by atoms with van der Waals surface area (Å²) in [6.45, 7) is 9.23. The van der Waals surface area contributed by atoms with Gasteiger partial charge in [0.05, 0.1) is 24.3 Å². The molecule has 7 heteroatoms. The monoisotopic (exact) mass is 425 g/mol. The first-order valence-corrected chi connectivity index (χ1v) is 10.2. The number of benzene rings is 2. The lowest BCUT2D eigenvalue weighted by molar-refractivity contribution is -0.0626. The summed E-state index contributed by atoms with van der Waals surface area (Å²) in [6.07, 6.45) is 0.976. The Balaban J connectivity index is 1.79. The van der Waals surface area contributed by atoms with Crippen LogP contribution >= 0.6 is 0 Å². The van der Waals surface area contributed by atoms with E-state index in [0.29, 0.717) is 28.0 Å². The second-order valence-electron chi connectivity index (χ2n) is 9.01.